The van der Waals surface area contributed by atoms with Gasteiger partial charge in [-0.15, -0.1) is 9.24 Å². The molecule has 0 bridgehead atoms. The molecule has 0 radical (unpaired) electrons. The summed E-state index contributed by atoms with van der Waals surface area (Å²) in [7, 11) is 2.45. The predicted molar refractivity (Wildman–Crippen MR) is 104 cm³/mol. The summed E-state index contributed by atoms with van der Waals surface area (Å²) in [5.74, 6) is -0.242. The van der Waals surface area contributed by atoms with Crippen molar-refractivity contribution in [2.45, 2.75) is 12.0 Å². The van der Waals surface area contributed by atoms with Gasteiger partial charge in [-0.3, -0.25) is 4.79 Å². The van der Waals surface area contributed by atoms with E-state index in [4.69, 9.17) is 4.74 Å². The lowest BCUT2D eigenvalue weighted by Crippen LogP contribution is -2.36. The predicted octanol–water partition coefficient (Wildman–Crippen LogP) is 4.59. The van der Waals surface area contributed by atoms with Gasteiger partial charge in [0, 0.05) is 17.5 Å². The maximum absolute atomic E-state index is 12.3. The van der Waals surface area contributed by atoms with Crippen LogP contribution < -0.4 is 0 Å². The third-order valence-corrected chi connectivity index (χ3v) is 4.56. The van der Waals surface area contributed by atoms with Crippen LogP contribution in [0.3, 0.4) is 0 Å². The zero-order chi connectivity index (χ0) is 17.5. The SMILES string of the molecule is O=C(CP)OC(Cc1ccccc1)(c1ccccc1)c1ccccc1. The molecule has 0 saturated heterocycles. The molecule has 3 rings (SSSR count). The van der Waals surface area contributed by atoms with Crippen LogP contribution in [0.5, 0.6) is 0 Å². The molecule has 3 aromatic carbocycles. The fraction of sp³-hybridized carbons (Fsp3) is 0.136. The van der Waals surface area contributed by atoms with Crippen molar-refractivity contribution in [3.05, 3.63) is 108 Å². The average Bonchev–Trinajstić information content (AvgIpc) is 2.69. The van der Waals surface area contributed by atoms with Crippen LogP contribution in [-0.2, 0) is 21.6 Å². The first kappa shape index (κ1) is 17.4. The summed E-state index contributed by atoms with van der Waals surface area (Å²) >= 11 is 0. The lowest BCUT2D eigenvalue weighted by atomic mass is 9.81. The number of esters is 1. The Bertz CT molecular complexity index is 762. The number of carbonyl (C=O) groups excluding carboxylic acids is 1. The summed E-state index contributed by atoms with van der Waals surface area (Å²) in [5.41, 5.74) is 2.21. The number of carbonyl (C=O) groups is 1. The first-order chi connectivity index (χ1) is 12.2. The van der Waals surface area contributed by atoms with Crippen LogP contribution in [0.2, 0.25) is 0 Å². The molecule has 1 unspecified atom stereocenters. The molecule has 0 spiro atoms. The van der Waals surface area contributed by atoms with Gasteiger partial charge in [0.2, 0.25) is 0 Å². The van der Waals surface area contributed by atoms with E-state index in [0.717, 1.165) is 16.7 Å². The van der Waals surface area contributed by atoms with Gasteiger partial charge in [0.15, 0.2) is 5.60 Å². The second-order valence-electron chi connectivity index (χ2n) is 5.90. The Hall–Kier alpha value is -2.44. The lowest BCUT2D eigenvalue weighted by Gasteiger charge is -2.35. The third kappa shape index (κ3) is 3.97. The van der Waals surface area contributed by atoms with Crippen molar-refractivity contribution < 1.29 is 9.53 Å². The molecule has 1 atom stereocenters. The number of hydrogen-bond donors (Lipinski definition) is 0. The van der Waals surface area contributed by atoms with Crippen molar-refractivity contribution in [1.82, 2.24) is 0 Å². The lowest BCUT2D eigenvalue weighted by molar-refractivity contribution is -0.153. The number of hydrogen-bond acceptors (Lipinski definition) is 2. The van der Waals surface area contributed by atoms with Crippen LogP contribution in [0.1, 0.15) is 16.7 Å². The molecule has 3 heteroatoms. The Morgan fingerprint density at radius 2 is 1.20 bits per heavy atom. The Morgan fingerprint density at radius 1 is 0.760 bits per heavy atom. The highest BCUT2D eigenvalue weighted by molar-refractivity contribution is 7.18. The summed E-state index contributed by atoms with van der Waals surface area (Å²) in [6.07, 6.45) is 0.842. The van der Waals surface area contributed by atoms with Crippen LogP contribution >= 0.6 is 9.24 Å². The summed E-state index contributed by atoms with van der Waals surface area (Å²) in [6, 6.07) is 30.1. The van der Waals surface area contributed by atoms with Crippen molar-refractivity contribution in [3.63, 3.8) is 0 Å². The van der Waals surface area contributed by atoms with Gasteiger partial charge in [0.05, 0.1) is 6.16 Å². The first-order valence-electron chi connectivity index (χ1n) is 8.31. The molecule has 2 nitrogen and oxygen atoms in total. The molecule has 0 amide bonds. The van der Waals surface area contributed by atoms with Gasteiger partial charge >= 0.3 is 5.97 Å². The molecule has 0 heterocycles. The van der Waals surface area contributed by atoms with Crippen LogP contribution in [-0.4, -0.2) is 12.1 Å². The van der Waals surface area contributed by atoms with Crippen molar-refractivity contribution in [2.24, 2.45) is 0 Å². The van der Waals surface area contributed by atoms with E-state index in [1.165, 1.54) is 0 Å². The first-order valence-corrected chi connectivity index (χ1v) is 9.13. The van der Waals surface area contributed by atoms with Gasteiger partial charge in [0.25, 0.3) is 0 Å². The molecule has 0 N–H and O–H groups in total. The smallest absolute Gasteiger partial charge is 0.310 e. The molecule has 0 saturated carbocycles. The topological polar surface area (TPSA) is 26.3 Å². The fourth-order valence-electron chi connectivity index (χ4n) is 3.06. The average molecular weight is 348 g/mol. The van der Waals surface area contributed by atoms with E-state index in [9.17, 15) is 4.79 Å². The summed E-state index contributed by atoms with van der Waals surface area (Å²) in [6.45, 7) is 0. The van der Waals surface area contributed by atoms with E-state index in [1.54, 1.807) is 0 Å². The van der Waals surface area contributed by atoms with E-state index < -0.39 is 5.60 Å². The molecule has 0 aliphatic rings. The Labute approximate surface area is 151 Å². The van der Waals surface area contributed by atoms with Crippen LogP contribution in [0.4, 0.5) is 0 Å². The number of ether oxygens (including phenoxy) is 1. The minimum absolute atomic E-state index is 0.242. The van der Waals surface area contributed by atoms with E-state index in [2.05, 4.69) is 21.4 Å². The van der Waals surface area contributed by atoms with Gasteiger partial charge in [-0.25, -0.2) is 0 Å². The van der Waals surface area contributed by atoms with Gasteiger partial charge in [-0.05, 0) is 5.56 Å². The molecule has 3 aromatic rings. The van der Waals surface area contributed by atoms with E-state index in [0.29, 0.717) is 6.42 Å². The molecule has 0 fully saturated rings. The van der Waals surface area contributed by atoms with Crippen molar-refractivity contribution in [1.29, 1.82) is 0 Å². The van der Waals surface area contributed by atoms with E-state index in [1.807, 2.05) is 78.9 Å². The molecule has 25 heavy (non-hydrogen) atoms. The van der Waals surface area contributed by atoms with Crippen molar-refractivity contribution in [3.8, 4) is 0 Å². The zero-order valence-electron chi connectivity index (χ0n) is 14.0. The second kappa shape index (κ2) is 8.09. The van der Waals surface area contributed by atoms with Gasteiger partial charge in [0.1, 0.15) is 0 Å². The van der Waals surface area contributed by atoms with Crippen molar-refractivity contribution >= 4 is 15.2 Å². The summed E-state index contributed by atoms with van der Waals surface area (Å²) in [4.78, 5) is 12.3. The fourth-order valence-corrected chi connectivity index (χ4v) is 3.14. The van der Waals surface area contributed by atoms with Crippen molar-refractivity contribution in [2.75, 3.05) is 6.16 Å². The van der Waals surface area contributed by atoms with E-state index >= 15 is 0 Å². The maximum atomic E-state index is 12.3. The Morgan fingerprint density at radius 3 is 1.64 bits per heavy atom. The quantitative estimate of drug-likeness (QED) is 0.481. The number of benzene rings is 3. The standard InChI is InChI=1S/C22H21O2P/c23-21(17-25)24-22(19-12-6-2-7-13-19,20-14-8-3-9-15-20)16-18-10-4-1-5-11-18/h1-15H,16-17,25H2. The molecular formula is C22H21O2P. The van der Waals surface area contributed by atoms with E-state index in [-0.39, 0.29) is 12.1 Å². The highest BCUT2D eigenvalue weighted by Gasteiger charge is 2.38. The maximum Gasteiger partial charge on any atom is 0.310 e. The van der Waals surface area contributed by atoms with Gasteiger partial charge in [-0.1, -0.05) is 91.0 Å². The van der Waals surface area contributed by atoms with Gasteiger partial charge < -0.3 is 4.74 Å². The largest absolute Gasteiger partial charge is 0.449 e. The summed E-state index contributed by atoms with van der Waals surface area (Å²) in [5, 5.41) is 0. The Kier molecular flexibility index (Phi) is 5.63. The zero-order valence-corrected chi connectivity index (χ0v) is 15.1. The van der Waals surface area contributed by atoms with Crippen LogP contribution in [0.15, 0.2) is 91.0 Å². The molecule has 0 aliphatic carbocycles. The molecule has 0 aliphatic heterocycles. The third-order valence-electron chi connectivity index (χ3n) is 4.23. The monoisotopic (exact) mass is 348 g/mol. The van der Waals surface area contributed by atoms with Crippen LogP contribution in [0, 0.1) is 0 Å². The summed E-state index contributed by atoms with van der Waals surface area (Å²) < 4.78 is 6.10. The van der Waals surface area contributed by atoms with Crippen LogP contribution in [0.25, 0.3) is 0 Å². The molecule has 126 valence electrons. The highest BCUT2D eigenvalue weighted by atomic mass is 31.0. The highest BCUT2D eigenvalue weighted by Crippen LogP contribution is 2.37. The number of rotatable bonds is 6. The Balaban J connectivity index is 2.17. The second-order valence-corrected chi connectivity index (χ2v) is 6.31. The molecule has 0 aromatic heterocycles. The minimum atomic E-state index is -0.850. The molecular weight excluding hydrogens is 327 g/mol. The normalized spacial score (nSPS) is 11.1. The minimum Gasteiger partial charge on any atom is -0.449 e. The van der Waals surface area contributed by atoms with Gasteiger partial charge in [-0.2, -0.15) is 0 Å².